The van der Waals surface area contributed by atoms with E-state index >= 15 is 0 Å². The van der Waals surface area contributed by atoms with Gasteiger partial charge in [-0.15, -0.1) is 0 Å². The van der Waals surface area contributed by atoms with Crippen LogP contribution in [0.1, 0.15) is 12.8 Å². The monoisotopic (exact) mass is 122 g/mol. The summed E-state index contributed by atoms with van der Waals surface area (Å²) in [6.45, 7) is 0.970. The summed E-state index contributed by atoms with van der Waals surface area (Å²) >= 11 is 0. The molecule has 0 bridgehead atoms. The van der Waals surface area contributed by atoms with Crippen LogP contribution in [0.3, 0.4) is 0 Å². The molecule has 1 aliphatic heterocycles. The Hall–Kier alpha value is -0.595. The van der Waals surface area contributed by atoms with Crippen molar-refractivity contribution in [1.82, 2.24) is 5.32 Å². The van der Waals surface area contributed by atoms with Gasteiger partial charge < -0.3 is 0 Å². The summed E-state index contributed by atoms with van der Waals surface area (Å²) < 4.78 is 0. The van der Waals surface area contributed by atoms with Crippen LogP contribution in [-0.2, 0) is 0 Å². The first kappa shape index (κ1) is 6.52. The summed E-state index contributed by atoms with van der Waals surface area (Å²) in [5.41, 5.74) is 0. The Morgan fingerprint density at radius 1 is 1.89 bits per heavy atom. The second-order valence-electron chi connectivity index (χ2n) is 2.35. The molecule has 1 unspecified atom stereocenters. The molecule has 2 N–H and O–H groups in total. The Morgan fingerprint density at radius 2 is 2.67 bits per heavy atom. The molecule has 1 saturated heterocycles. The molecule has 2 nitrogen and oxygen atoms in total. The molecular weight excluding hydrogens is 111 g/mol. The topological polar surface area (TPSA) is 35.9 Å². The Morgan fingerprint density at radius 3 is 3.11 bits per heavy atom. The third-order valence-corrected chi connectivity index (χ3v) is 1.67. The molecule has 0 radical (unpaired) electrons. The minimum atomic E-state index is 0.433. The van der Waals surface area contributed by atoms with Gasteiger partial charge in [0.1, 0.15) is 0 Å². The van der Waals surface area contributed by atoms with E-state index in [9.17, 15) is 0 Å². The van der Waals surface area contributed by atoms with Crippen molar-refractivity contribution in [2.45, 2.75) is 12.8 Å². The van der Waals surface area contributed by atoms with Gasteiger partial charge in [0.2, 0.25) is 0 Å². The Bertz CT molecular complexity index is 133. The molecule has 1 heterocycles. The quantitative estimate of drug-likeness (QED) is 0.483. The van der Waals surface area contributed by atoms with Crippen LogP contribution >= 0.6 is 0 Å². The Labute approximate surface area is 56.2 Å². The van der Waals surface area contributed by atoms with Gasteiger partial charge in [0, 0.05) is 0 Å². The molecule has 9 heavy (non-hydrogen) atoms. The number of nitrogens with one attached hydrogen (secondary N) is 2. The zero-order valence-corrected chi connectivity index (χ0v) is 5.48. The van der Waals surface area contributed by atoms with Crippen molar-refractivity contribution < 1.29 is 0 Å². The molecule has 0 spiro atoms. The van der Waals surface area contributed by atoms with Crippen LogP contribution in [0.25, 0.3) is 0 Å². The molecule has 1 atom stereocenters. The van der Waals surface area contributed by atoms with Gasteiger partial charge in [0.05, 0.1) is 0 Å². The van der Waals surface area contributed by atoms with Crippen molar-refractivity contribution in [3.8, 4) is 0 Å². The number of hydrogen-bond acceptors (Lipinski definition) is 1. The maximum absolute atomic E-state index is 7.35. The number of amidine groups is 1. The number of hydrogen-bond donors (Lipinski definition) is 2. The van der Waals surface area contributed by atoms with E-state index in [1.165, 1.54) is 0 Å². The van der Waals surface area contributed by atoms with Gasteiger partial charge in [0.15, 0.2) is 0 Å². The summed E-state index contributed by atoms with van der Waals surface area (Å²) in [5.74, 6) is 3.00. The van der Waals surface area contributed by atoms with Crippen molar-refractivity contribution in [2.75, 3.05) is 6.54 Å². The summed E-state index contributed by atoms with van der Waals surface area (Å²) in [6.07, 6.45) is 2.05. The molecule has 0 aromatic carbocycles. The van der Waals surface area contributed by atoms with Crippen LogP contribution in [-0.4, -0.2) is 25.8 Å². The van der Waals surface area contributed by atoms with Crippen LogP contribution in [0.4, 0.5) is 0 Å². The molecule has 0 amide bonds. The van der Waals surface area contributed by atoms with Crippen LogP contribution in [0.15, 0.2) is 0 Å². The van der Waals surface area contributed by atoms with E-state index in [0.717, 1.165) is 19.4 Å². The van der Waals surface area contributed by atoms with E-state index in [2.05, 4.69) is 12.8 Å². The third kappa shape index (κ3) is 1.41. The zero-order valence-electron chi connectivity index (χ0n) is 5.48. The van der Waals surface area contributed by atoms with Crippen LogP contribution in [0.5, 0.6) is 0 Å². The zero-order chi connectivity index (χ0) is 6.69. The first-order valence-corrected chi connectivity index (χ1v) is 3.28. The van der Waals surface area contributed by atoms with Gasteiger partial charge >= 0.3 is 55.3 Å². The van der Waals surface area contributed by atoms with E-state index in [1.54, 1.807) is 0 Å². The Balaban J connectivity index is 2.39. The number of rotatable bonds is 2. The normalized spacial score (nSPS) is 25.7. The summed E-state index contributed by atoms with van der Waals surface area (Å²) in [4.78, 5) is 0. The van der Waals surface area contributed by atoms with Crippen molar-refractivity contribution >= 4 is 19.3 Å². The predicted molar refractivity (Wildman–Crippen MR) is 41.7 cm³/mol. The molecule has 48 valence electrons. The van der Waals surface area contributed by atoms with Crippen molar-refractivity contribution in [2.24, 2.45) is 5.92 Å². The van der Waals surface area contributed by atoms with Crippen LogP contribution < -0.4 is 5.32 Å². The predicted octanol–water partition coefficient (Wildman–Crippen LogP) is -0.334. The molecule has 1 aliphatic rings. The molecule has 0 saturated carbocycles. The SMILES string of the molecule is B=CCC1CCNC1=N. The van der Waals surface area contributed by atoms with E-state index < -0.39 is 0 Å². The second-order valence-corrected chi connectivity index (χ2v) is 2.35. The van der Waals surface area contributed by atoms with E-state index in [4.69, 9.17) is 5.41 Å². The second kappa shape index (κ2) is 2.81. The summed E-state index contributed by atoms with van der Waals surface area (Å²) in [5, 5.41) is 10.3. The van der Waals surface area contributed by atoms with Crippen molar-refractivity contribution in [3.05, 3.63) is 0 Å². The fourth-order valence-corrected chi connectivity index (χ4v) is 1.11. The third-order valence-electron chi connectivity index (χ3n) is 1.67. The standard InChI is InChI=1S/C6H11BN2/c7-3-1-5-2-4-9-6(5)8/h3,5,7H,1-2,4H2,(H2,8,9). The molecule has 1 fully saturated rings. The fourth-order valence-electron chi connectivity index (χ4n) is 1.11. The van der Waals surface area contributed by atoms with E-state index in [-0.39, 0.29) is 0 Å². The van der Waals surface area contributed by atoms with Crippen LogP contribution in [0, 0.1) is 11.3 Å². The first-order valence-electron chi connectivity index (χ1n) is 3.28. The molecule has 1 rings (SSSR count). The van der Waals surface area contributed by atoms with Crippen molar-refractivity contribution in [3.63, 3.8) is 0 Å². The van der Waals surface area contributed by atoms with Gasteiger partial charge in [-0.2, -0.15) is 0 Å². The summed E-state index contributed by atoms with van der Waals surface area (Å²) in [7, 11) is 3.63. The fraction of sp³-hybridized carbons (Fsp3) is 0.667. The van der Waals surface area contributed by atoms with Gasteiger partial charge in [-0.05, 0) is 0 Å². The van der Waals surface area contributed by atoms with Gasteiger partial charge in [-0.3, -0.25) is 0 Å². The van der Waals surface area contributed by atoms with E-state index in [0.29, 0.717) is 11.8 Å². The average molecular weight is 122 g/mol. The molecule has 0 aromatic heterocycles. The first-order chi connectivity index (χ1) is 4.34. The van der Waals surface area contributed by atoms with Crippen LogP contribution in [0.2, 0.25) is 0 Å². The van der Waals surface area contributed by atoms with E-state index in [1.807, 2.05) is 5.97 Å². The average Bonchev–Trinajstić information content (AvgIpc) is 2.18. The Kier molecular flexibility index (Phi) is 2.03. The minimum absolute atomic E-state index is 0.433. The molecule has 0 aliphatic carbocycles. The van der Waals surface area contributed by atoms with Crippen molar-refractivity contribution in [1.29, 1.82) is 5.41 Å². The van der Waals surface area contributed by atoms with Gasteiger partial charge in [-0.25, -0.2) is 0 Å². The van der Waals surface area contributed by atoms with Gasteiger partial charge in [0.25, 0.3) is 0 Å². The molecule has 3 heteroatoms. The molecule has 0 aromatic rings. The molecular formula is C6H11BN2. The van der Waals surface area contributed by atoms with Gasteiger partial charge in [-0.1, -0.05) is 0 Å². The summed E-state index contributed by atoms with van der Waals surface area (Å²) in [6, 6.07) is 0. The maximum atomic E-state index is 7.35.